The Morgan fingerprint density at radius 2 is 1.97 bits per heavy atom. The zero-order valence-corrected chi connectivity index (χ0v) is 21.2. The second-order valence-corrected chi connectivity index (χ2v) is 10.1. The molecule has 0 spiro atoms. The monoisotopic (exact) mass is 472 g/mol. The van der Waals surface area contributed by atoms with Crippen LogP contribution in [-0.4, -0.2) is 0 Å². The molecule has 1 aliphatic rings. The van der Waals surface area contributed by atoms with E-state index in [9.17, 15) is 8.00 Å². The molecule has 2 aromatic heterocycles. The van der Waals surface area contributed by atoms with Crippen LogP contribution < -0.4 is 4.57 Å². The number of benzene rings is 2. The molecule has 3 nitrogen and oxygen atoms in total. The molecule has 35 heavy (non-hydrogen) atoms. The fraction of sp³-hybridized carbons (Fsp3) is 0.438. The number of hydrogen-bond acceptors (Lipinski definition) is 2. The molecule has 0 unspecified atom stereocenters. The number of nitrogens with zero attached hydrogens (tertiary/aromatic N) is 2. The van der Waals surface area contributed by atoms with Crippen molar-refractivity contribution in [2.24, 2.45) is 13.0 Å². The lowest BCUT2D eigenvalue weighted by Gasteiger charge is -2.22. The first-order valence-corrected chi connectivity index (χ1v) is 12.5. The lowest BCUT2D eigenvalue weighted by Crippen LogP contribution is -2.36. The van der Waals surface area contributed by atoms with Crippen molar-refractivity contribution in [2.75, 3.05) is 0 Å². The Kier molecular flexibility index (Phi) is 4.32. The minimum atomic E-state index is -2.63. The molecule has 4 aromatic rings. The number of aryl methyl sites for hydroxylation is 1. The second kappa shape index (κ2) is 9.15. The van der Waals surface area contributed by atoms with E-state index in [1.807, 2.05) is 25.1 Å². The first-order chi connectivity index (χ1) is 19.5. The van der Waals surface area contributed by atoms with Gasteiger partial charge in [-0.1, -0.05) is 45.2 Å². The van der Waals surface area contributed by atoms with Gasteiger partial charge in [0.2, 0.25) is 5.69 Å². The number of aromatic nitrogens is 1. The SMILES string of the molecule is [2H]c1c(C([2H])([2H])C(C)C)c(C([2H])([2H])[2H])c(C)[n+](C)c1-c1c(C)ccc2c1oc1c(C#N)cc(C3([2H])CCCCC3)cc12. The molecule has 1 aliphatic carbocycles. The van der Waals surface area contributed by atoms with Crippen molar-refractivity contribution in [1.29, 1.82) is 5.26 Å². The predicted molar refractivity (Wildman–Crippen MR) is 144 cm³/mol. The van der Waals surface area contributed by atoms with Gasteiger partial charge >= 0.3 is 0 Å². The molecule has 2 heterocycles. The predicted octanol–water partition coefficient (Wildman–Crippen LogP) is 8.12. The van der Waals surface area contributed by atoms with Gasteiger partial charge in [0.05, 0.1) is 12.5 Å². The van der Waals surface area contributed by atoms with Gasteiger partial charge in [-0.05, 0) is 73.6 Å². The van der Waals surface area contributed by atoms with Gasteiger partial charge in [0.15, 0.2) is 11.3 Å². The quantitative estimate of drug-likeness (QED) is 0.281. The van der Waals surface area contributed by atoms with Crippen LogP contribution in [0.2, 0.25) is 0 Å². The summed E-state index contributed by atoms with van der Waals surface area (Å²) < 4.78 is 69.3. The molecule has 1 fully saturated rings. The van der Waals surface area contributed by atoms with Gasteiger partial charge in [-0.3, -0.25) is 0 Å². The highest BCUT2D eigenvalue weighted by Gasteiger charge is 2.26. The van der Waals surface area contributed by atoms with Gasteiger partial charge in [-0.25, -0.2) is 0 Å². The van der Waals surface area contributed by atoms with E-state index in [0.29, 0.717) is 33.7 Å². The number of rotatable bonds is 4. The highest BCUT2D eigenvalue weighted by atomic mass is 16.3. The average molecular weight is 473 g/mol. The third-order valence-electron chi connectivity index (χ3n) is 7.30. The molecule has 5 rings (SSSR count). The summed E-state index contributed by atoms with van der Waals surface area (Å²) in [4.78, 5) is 0. The number of fused-ring (bicyclic) bond motifs is 3. The molecule has 0 radical (unpaired) electrons. The Bertz CT molecular complexity index is 1770. The van der Waals surface area contributed by atoms with Gasteiger partial charge in [0.25, 0.3) is 0 Å². The summed E-state index contributed by atoms with van der Waals surface area (Å²) in [6.45, 7) is 4.27. The van der Waals surface area contributed by atoms with Crippen LogP contribution >= 0.6 is 0 Å². The Morgan fingerprint density at radius 3 is 2.66 bits per heavy atom. The number of furan rings is 1. The van der Waals surface area contributed by atoms with Crippen LogP contribution in [0.4, 0.5) is 0 Å². The van der Waals surface area contributed by atoms with Crippen molar-refractivity contribution in [2.45, 2.75) is 78.9 Å². The van der Waals surface area contributed by atoms with E-state index in [0.717, 1.165) is 54.0 Å². The molecular weight excluding hydrogens is 428 g/mol. The van der Waals surface area contributed by atoms with Crippen LogP contribution in [0.15, 0.2) is 34.7 Å². The largest absolute Gasteiger partial charge is 0.454 e. The number of nitriles is 1. The lowest BCUT2D eigenvalue weighted by atomic mass is 9.83. The van der Waals surface area contributed by atoms with Gasteiger partial charge in [0.1, 0.15) is 18.7 Å². The highest BCUT2D eigenvalue weighted by molar-refractivity contribution is 6.11. The van der Waals surface area contributed by atoms with E-state index < -0.39 is 25.0 Å². The maximum atomic E-state index is 10.1. The van der Waals surface area contributed by atoms with E-state index >= 15 is 0 Å². The van der Waals surface area contributed by atoms with Gasteiger partial charge in [0, 0.05) is 37.5 Å². The summed E-state index contributed by atoms with van der Waals surface area (Å²) in [7, 11) is 1.69. The van der Waals surface area contributed by atoms with E-state index in [-0.39, 0.29) is 17.2 Å². The van der Waals surface area contributed by atoms with E-state index in [4.69, 9.17) is 11.3 Å². The summed E-state index contributed by atoms with van der Waals surface area (Å²) in [5, 5.41) is 11.6. The third-order valence-corrected chi connectivity index (χ3v) is 7.30. The molecule has 180 valence electrons. The van der Waals surface area contributed by atoms with Gasteiger partial charge in [-0.2, -0.15) is 9.83 Å². The first-order valence-electron chi connectivity index (χ1n) is 16.0. The van der Waals surface area contributed by atoms with Crippen molar-refractivity contribution in [3.8, 4) is 17.3 Å². The highest BCUT2D eigenvalue weighted by Crippen LogP contribution is 2.41. The zero-order valence-electron chi connectivity index (χ0n) is 28.2. The Hall–Kier alpha value is -3.12. The molecule has 3 heteroatoms. The summed E-state index contributed by atoms with van der Waals surface area (Å²) in [6, 6.07) is 9.64. The molecule has 0 bridgehead atoms. The van der Waals surface area contributed by atoms with Crippen molar-refractivity contribution >= 4 is 21.9 Å². The van der Waals surface area contributed by atoms with Crippen LogP contribution in [0.3, 0.4) is 0 Å². The third kappa shape index (κ3) is 4.04. The Balaban J connectivity index is 1.90. The van der Waals surface area contributed by atoms with Crippen molar-refractivity contribution in [3.05, 3.63) is 63.8 Å². The minimum absolute atomic E-state index is 0.135. The standard InChI is InChI=1S/C32H37N2O/c1-19(2)14-24-17-29(34(6)22(5)21(24)4)30-20(3)12-13-27-28-16-25(23-10-8-7-9-11-23)15-26(18-33)31(28)35-32(27)30/h12-13,15-17,19,23H,7-11,14H2,1-6H3/q+1/i4D3,14D2,17D,23D. The summed E-state index contributed by atoms with van der Waals surface area (Å²) in [6.07, 6.45) is 2.43. The topological polar surface area (TPSA) is 40.8 Å². The van der Waals surface area contributed by atoms with Crippen LogP contribution in [0.5, 0.6) is 0 Å². The molecule has 0 N–H and O–H groups in total. The van der Waals surface area contributed by atoms with E-state index in [2.05, 4.69) is 6.07 Å². The van der Waals surface area contributed by atoms with Crippen molar-refractivity contribution < 1.29 is 18.6 Å². The smallest absolute Gasteiger partial charge is 0.216 e. The molecule has 0 saturated heterocycles. The van der Waals surface area contributed by atoms with Crippen LogP contribution in [-0.2, 0) is 13.4 Å². The molecular formula is C32H37N2O+. The Morgan fingerprint density at radius 1 is 1.20 bits per heavy atom. The molecule has 1 saturated carbocycles. The number of pyridine rings is 1. The van der Waals surface area contributed by atoms with Gasteiger partial charge < -0.3 is 4.42 Å². The average Bonchev–Trinajstić information content (AvgIpc) is 3.29. The van der Waals surface area contributed by atoms with E-state index in [1.54, 1.807) is 38.5 Å². The summed E-state index contributed by atoms with van der Waals surface area (Å²) in [5.74, 6) is -1.35. The Labute approximate surface area is 219 Å². The number of hydrogen-bond donors (Lipinski definition) is 0. The minimum Gasteiger partial charge on any atom is -0.454 e. The molecule has 0 atom stereocenters. The normalized spacial score (nSPS) is 19.4. The summed E-state index contributed by atoms with van der Waals surface area (Å²) in [5.41, 5.74) is 3.75. The fourth-order valence-electron chi connectivity index (χ4n) is 5.30. The van der Waals surface area contributed by atoms with Crippen LogP contribution in [0, 0.1) is 37.9 Å². The molecule has 0 aliphatic heterocycles. The maximum absolute atomic E-state index is 10.1. The zero-order chi connectivity index (χ0) is 30.9. The van der Waals surface area contributed by atoms with Crippen LogP contribution in [0.1, 0.15) is 95.0 Å². The molecule has 0 amide bonds. The van der Waals surface area contributed by atoms with Crippen molar-refractivity contribution in [3.63, 3.8) is 0 Å². The van der Waals surface area contributed by atoms with Gasteiger partial charge in [-0.15, -0.1) is 0 Å². The van der Waals surface area contributed by atoms with E-state index in [1.165, 1.54) is 0 Å². The molecule has 2 aromatic carbocycles. The lowest BCUT2D eigenvalue weighted by molar-refractivity contribution is -0.667. The first kappa shape index (κ1) is 16.5. The van der Waals surface area contributed by atoms with Crippen molar-refractivity contribution in [1.82, 2.24) is 0 Å². The second-order valence-electron chi connectivity index (χ2n) is 10.1. The fourth-order valence-corrected chi connectivity index (χ4v) is 5.30. The summed E-state index contributed by atoms with van der Waals surface area (Å²) >= 11 is 0. The van der Waals surface area contributed by atoms with Crippen LogP contribution in [0.25, 0.3) is 33.2 Å². The maximum Gasteiger partial charge on any atom is 0.216 e.